The lowest BCUT2D eigenvalue weighted by Gasteiger charge is -2.13. The third kappa shape index (κ3) is 5.68. The van der Waals surface area contributed by atoms with Crippen LogP contribution in [0.25, 0.3) is 0 Å². The maximum Gasteiger partial charge on any atom is 0.338 e. The standard InChI is InChI=1S/C22H25N5O2/c1-15(2)13-29-22(28)17-8-10-18(11-9-17)27-21-19(23)20(25-14-26-21)24-12-16-6-4-3-5-7-16/h3-11,14-15H,12-13,23H2,1-2H3,(H2,24,25,26,27). The number of aromatic nitrogens is 2. The molecule has 29 heavy (non-hydrogen) atoms. The molecule has 3 aromatic rings. The van der Waals surface area contributed by atoms with Crippen molar-refractivity contribution in [3.8, 4) is 0 Å². The number of carbonyl (C=O) groups excluding carboxylic acids is 1. The lowest BCUT2D eigenvalue weighted by Crippen LogP contribution is -2.10. The summed E-state index contributed by atoms with van der Waals surface area (Å²) in [7, 11) is 0. The van der Waals surface area contributed by atoms with Gasteiger partial charge in [-0.05, 0) is 35.7 Å². The van der Waals surface area contributed by atoms with E-state index in [1.807, 2.05) is 44.2 Å². The number of ether oxygens (including phenoxy) is 1. The molecule has 150 valence electrons. The van der Waals surface area contributed by atoms with Gasteiger partial charge in [-0.3, -0.25) is 0 Å². The van der Waals surface area contributed by atoms with Crippen LogP contribution in [0.1, 0.15) is 29.8 Å². The van der Waals surface area contributed by atoms with E-state index in [4.69, 9.17) is 10.5 Å². The van der Waals surface area contributed by atoms with Crippen molar-refractivity contribution in [3.63, 3.8) is 0 Å². The van der Waals surface area contributed by atoms with Gasteiger partial charge in [-0.2, -0.15) is 0 Å². The van der Waals surface area contributed by atoms with Gasteiger partial charge < -0.3 is 21.1 Å². The number of nitrogens with two attached hydrogens (primary N) is 1. The molecule has 2 aromatic carbocycles. The number of esters is 1. The van der Waals surface area contributed by atoms with Crippen molar-refractivity contribution in [2.45, 2.75) is 20.4 Å². The van der Waals surface area contributed by atoms with Gasteiger partial charge in [0.05, 0.1) is 12.2 Å². The number of nitrogens with zero attached hydrogens (tertiary/aromatic N) is 2. The Hall–Kier alpha value is -3.61. The first-order valence-electron chi connectivity index (χ1n) is 9.45. The summed E-state index contributed by atoms with van der Waals surface area (Å²) >= 11 is 0. The average Bonchev–Trinajstić information content (AvgIpc) is 2.74. The summed E-state index contributed by atoms with van der Waals surface area (Å²) in [4.78, 5) is 20.5. The van der Waals surface area contributed by atoms with Crippen LogP contribution < -0.4 is 16.4 Å². The molecule has 0 aliphatic carbocycles. The zero-order valence-electron chi connectivity index (χ0n) is 16.6. The first-order chi connectivity index (χ1) is 14.0. The van der Waals surface area contributed by atoms with Crippen molar-refractivity contribution in [1.29, 1.82) is 0 Å². The number of hydrogen-bond acceptors (Lipinski definition) is 7. The summed E-state index contributed by atoms with van der Waals surface area (Å²) in [5, 5.41) is 6.38. The quantitative estimate of drug-likeness (QED) is 0.494. The van der Waals surface area contributed by atoms with Crippen molar-refractivity contribution >= 4 is 29.0 Å². The Kier molecular flexibility index (Phi) is 6.63. The van der Waals surface area contributed by atoms with E-state index in [1.54, 1.807) is 24.3 Å². The number of anilines is 4. The molecule has 4 N–H and O–H groups in total. The van der Waals surface area contributed by atoms with Gasteiger partial charge >= 0.3 is 5.97 Å². The highest BCUT2D eigenvalue weighted by atomic mass is 16.5. The Morgan fingerprint density at radius 2 is 1.72 bits per heavy atom. The van der Waals surface area contributed by atoms with Gasteiger partial charge in [0, 0.05) is 12.2 Å². The second-order valence-corrected chi connectivity index (χ2v) is 7.02. The van der Waals surface area contributed by atoms with Crippen LogP contribution in [0.2, 0.25) is 0 Å². The number of rotatable bonds is 8. The van der Waals surface area contributed by atoms with Crippen LogP contribution in [0.15, 0.2) is 60.9 Å². The second kappa shape index (κ2) is 9.54. The highest BCUT2D eigenvalue weighted by molar-refractivity contribution is 5.90. The molecule has 0 saturated carbocycles. The molecule has 0 bridgehead atoms. The molecule has 0 atom stereocenters. The first kappa shape index (κ1) is 20.1. The van der Waals surface area contributed by atoms with Gasteiger partial charge in [0.1, 0.15) is 12.0 Å². The van der Waals surface area contributed by atoms with Crippen LogP contribution in [0.4, 0.5) is 23.0 Å². The molecule has 0 saturated heterocycles. The summed E-state index contributed by atoms with van der Waals surface area (Å²) in [6, 6.07) is 17.0. The summed E-state index contributed by atoms with van der Waals surface area (Å²) in [5.74, 6) is 1.01. The molecule has 1 aromatic heterocycles. The normalized spacial score (nSPS) is 10.6. The molecule has 0 unspecified atom stereocenters. The predicted octanol–water partition coefficient (Wildman–Crippen LogP) is 4.23. The van der Waals surface area contributed by atoms with Crippen molar-refractivity contribution in [1.82, 2.24) is 9.97 Å². The van der Waals surface area contributed by atoms with Crippen LogP contribution in [-0.2, 0) is 11.3 Å². The van der Waals surface area contributed by atoms with Crippen LogP contribution in [0.3, 0.4) is 0 Å². The molecule has 0 spiro atoms. The minimum atomic E-state index is -0.334. The highest BCUT2D eigenvalue weighted by Crippen LogP contribution is 2.26. The SMILES string of the molecule is CC(C)COC(=O)c1ccc(Nc2ncnc(NCc3ccccc3)c2N)cc1. The molecule has 0 radical (unpaired) electrons. The van der Waals surface area contributed by atoms with E-state index in [0.717, 1.165) is 11.3 Å². The number of hydrogen-bond donors (Lipinski definition) is 3. The fraction of sp³-hybridized carbons (Fsp3) is 0.227. The number of benzene rings is 2. The van der Waals surface area contributed by atoms with Gasteiger partial charge in [-0.25, -0.2) is 14.8 Å². The molecular weight excluding hydrogens is 366 g/mol. The molecule has 0 aliphatic rings. The molecule has 1 heterocycles. The molecule has 0 amide bonds. The van der Waals surface area contributed by atoms with Crippen molar-refractivity contribution < 1.29 is 9.53 Å². The molecule has 7 nitrogen and oxygen atoms in total. The Morgan fingerprint density at radius 3 is 2.41 bits per heavy atom. The lowest BCUT2D eigenvalue weighted by molar-refractivity contribution is 0.0459. The number of carbonyl (C=O) groups is 1. The smallest absolute Gasteiger partial charge is 0.338 e. The number of nitrogen functional groups attached to an aromatic ring is 1. The third-order valence-electron chi connectivity index (χ3n) is 4.12. The summed E-state index contributed by atoms with van der Waals surface area (Å²) in [5.41, 5.74) is 9.01. The highest BCUT2D eigenvalue weighted by Gasteiger charge is 2.10. The van der Waals surface area contributed by atoms with E-state index in [0.29, 0.717) is 42.0 Å². The fourth-order valence-electron chi connectivity index (χ4n) is 2.57. The molecule has 0 fully saturated rings. The molecule has 3 rings (SSSR count). The van der Waals surface area contributed by atoms with Crippen LogP contribution in [0.5, 0.6) is 0 Å². The lowest BCUT2D eigenvalue weighted by atomic mass is 10.2. The zero-order valence-corrected chi connectivity index (χ0v) is 16.6. The third-order valence-corrected chi connectivity index (χ3v) is 4.12. The topological polar surface area (TPSA) is 102 Å². The maximum atomic E-state index is 12.0. The average molecular weight is 391 g/mol. The summed E-state index contributed by atoms with van der Waals surface area (Å²) in [6.45, 7) is 4.99. The molecular formula is C22H25N5O2. The van der Waals surface area contributed by atoms with Crippen molar-refractivity contribution in [3.05, 3.63) is 72.1 Å². The Morgan fingerprint density at radius 1 is 1.03 bits per heavy atom. The van der Waals surface area contributed by atoms with Crippen LogP contribution in [-0.4, -0.2) is 22.5 Å². The number of nitrogens with one attached hydrogen (secondary N) is 2. The minimum Gasteiger partial charge on any atom is -0.462 e. The van der Waals surface area contributed by atoms with E-state index in [-0.39, 0.29) is 5.97 Å². The van der Waals surface area contributed by atoms with Gasteiger partial charge in [-0.1, -0.05) is 44.2 Å². The van der Waals surface area contributed by atoms with E-state index in [9.17, 15) is 4.79 Å². The fourth-order valence-corrected chi connectivity index (χ4v) is 2.57. The van der Waals surface area contributed by atoms with E-state index < -0.39 is 0 Å². The molecule has 7 heteroatoms. The Labute approximate surface area is 170 Å². The summed E-state index contributed by atoms with van der Waals surface area (Å²) < 4.78 is 5.24. The maximum absolute atomic E-state index is 12.0. The van der Waals surface area contributed by atoms with E-state index in [2.05, 4.69) is 20.6 Å². The summed E-state index contributed by atoms with van der Waals surface area (Å²) in [6.07, 6.45) is 1.45. The minimum absolute atomic E-state index is 0.297. The first-order valence-corrected chi connectivity index (χ1v) is 9.45. The van der Waals surface area contributed by atoms with Gasteiger partial charge in [0.15, 0.2) is 11.6 Å². The Bertz CT molecular complexity index is 943. The van der Waals surface area contributed by atoms with Crippen LogP contribution in [0, 0.1) is 5.92 Å². The molecule has 0 aliphatic heterocycles. The van der Waals surface area contributed by atoms with Crippen molar-refractivity contribution in [2.75, 3.05) is 23.0 Å². The van der Waals surface area contributed by atoms with Gasteiger partial charge in [-0.15, -0.1) is 0 Å². The van der Waals surface area contributed by atoms with E-state index in [1.165, 1.54) is 6.33 Å². The predicted molar refractivity (Wildman–Crippen MR) is 115 cm³/mol. The monoisotopic (exact) mass is 391 g/mol. The van der Waals surface area contributed by atoms with E-state index >= 15 is 0 Å². The second-order valence-electron chi connectivity index (χ2n) is 7.02. The van der Waals surface area contributed by atoms with Gasteiger partial charge in [0.2, 0.25) is 0 Å². The Balaban J connectivity index is 1.65. The van der Waals surface area contributed by atoms with Crippen LogP contribution >= 0.6 is 0 Å². The largest absolute Gasteiger partial charge is 0.462 e. The van der Waals surface area contributed by atoms with Crippen molar-refractivity contribution in [2.24, 2.45) is 5.92 Å². The zero-order chi connectivity index (χ0) is 20.6. The van der Waals surface area contributed by atoms with Gasteiger partial charge in [0.25, 0.3) is 0 Å².